The SMILES string of the molecule is C/C(=N/NC(=O)c1ccc(F)cc1)c1ccc2c(c1)Nc1ccccc1S2. The minimum absolute atomic E-state index is 0.355. The molecule has 0 atom stereocenters. The van der Waals surface area contributed by atoms with Crippen molar-refractivity contribution in [1.29, 1.82) is 0 Å². The molecular formula is C21H16FN3OS. The lowest BCUT2D eigenvalue weighted by Gasteiger charge is -2.21. The van der Waals surface area contributed by atoms with Crippen molar-refractivity contribution >= 4 is 34.8 Å². The summed E-state index contributed by atoms with van der Waals surface area (Å²) in [6.45, 7) is 1.83. The number of fused-ring (bicyclic) bond motifs is 2. The zero-order valence-corrected chi connectivity index (χ0v) is 15.3. The fourth-order valence-electron chi connectivity index (χ4n) is 2.73. The van der Waals surface area contributed by atoms with E-state index in [1.54, 1.807) is 11.8 Å². The Morgan fingerprint density at radius 3 is 2.48 bits per heavy atom. The number of carbonyl (C=O) groups is 1. The molecule has 0 fully saturated rings. The maximum absolute atomic E-state index is 12.9. The number of para-hydroxylation sites is 1. The first-order chi connectivity index (χ1) is 13.1. The van der Waals surface area contributed by atoms with Crippen molar-refractivity contribution in [3.05, 3.63) is 83.7 Å². The Kier molecular flexibility index (Phi) is 4.64. The number of nitrogens with one attached hydrogen (secondary N) is 2. The van der Waals surface area contributed by atoms with Gasteiger partial charge in [-0.25, -0.2) is 9.82 Å². The summed E-state index contributed by atoms with van der Waals surface area (Å²) < 4.78 is 12.9. The third-order valence-electron chi connectivity index (χ3n) is 4.21. The molecule has 4 nitrogen and oxygen atoms in total. The zero-order chi connectivity index (χ0) is 18.8. The summed E-state index contributed by atoms with van der Waals surface area (Å²) in [5.74, 6) is -0.762. The summed E-state index contributed by atoms with van der Waals surface area (Å²) in [6, 6.07) is 19.5. The van der Waals surface area contributed by atoms with E-state index in [-0.39, 0.29) is 11.7 Å². The maximum Gasteiger partial charge on any atom is 0.271 e. The number of carbonyl (C=O) groups excluding carboxylic acids is 1. The van der Waals surface area contributed by atoms with Gasteiger partial charge < -0.3 is 5.32 Å². The van der Waals surface area contributed by atoms with Crippen molar-refractivity contribution in [2.24, 2.45) is 5.10 Å². The van der Waals surface area contributed by atoms with Crippen molar-refractivity contribution in [2.75, 3.05) is 5.32 Å². The molecule has 0 saturated carbocycles. The molecule has 2 N–H and O–H groups in total. The molecule has 3 aromatic rings. The smallest absolute Gasteiger partial charge is 0.271 e. The highest BCUT2D eigenvalue weighted by Crippen LogP contribution is 2.44. The zero-order valence-electron chi connectivity index (χ0n) is 14.5. The number of hydrogen-bond donors (Lipinski definition) is 2. The largest absolute Gasteiger partial charge is 0.354 e. The van der Waals surface area contributed by atoms with Gasteiger partial charge in [-0.1, -0.05) is 30.0 Å². The lowest BCUT2D eigenvalue weighted by molar-refractivity contribution is 0.0955. The Bertz CT molecular complexity index is 1050. The number of hydrogen-bond acceptors (Lipinski definition) is 4. The van der Waals surface area contributed by atoms with Crippen LogP contribution in [-0.4, -0.2) is 11.6 Å². The Morgan fingerprint density at radius 2 is 1.67 bits per heavy atom. The van der Waals surface area contributed by atoms with Crippen molar-refractivity contribution in [1.82, 2.24) is 5.43 Å². The predicted octanol–water partition coefficient (Wildman–Crippen LogP) is 5.19. The first-order valence-electron chi connectivity index (χ1n) is 8.39. The summed E-state index contributed by atoms with van der Waals surface area (Å²) in [4.78, 5) is 14.4. The minimum atomic E-state index is -0.382. The molecule has 1 heterocycles. The highest BCUT2D eigenvalue weighted by atomic mass is 32.2. The Hall–Kier alpha value is -3.12. The molecule has 0 aromatic heterocycles. The van der Waals surface area contributed by atoms with E-state index in [0.29, 0.717) is 11.3 Å². The van der Waals surface area contributed by atoms with Gasteiger partial charge in [-0.15, -0.1) is 0 Å². The topological polar surface area (TPSA) is 53.5 Å². The molecular weight excluding hydrogens is 361 g/mol. The van der Waals surface area contributed by atoms with Crippen molar-refractivity contribution < 1.29 is 9.18 Å². The van der Waals surface area contributed by atoms with Crippen LogP contribution in [0.5, 0.6) is 0 Å². The average Bonchev–Trinajstić information content (AvgIpc) is 2.70. The van der Waals surface area contributed by atoms with Crippen LogP contribution in [0.4, 0.5) is 15.8 Å². The summed E-state index contributed by atoms with van der Waals surface area (Å²) >= 11 is 1.72. The molecule has 4 rings (SSSR count). The summed E-state index contributed by atoms with van der Waals surface area (Å²) in [7, 11) is 0. The number of nitrogens with zero attached hydrogens (tertiary/aromatic N) is 1. The fourth-order valence-corrected chi connectivity index (χ4v) is 3.70. The normalized spacial score (nSPS) is 12.6. The van der Waals surface area contributed by atoms with Gasteiger partial charge in [0, 0.05) is 15.4 Å². The predicted molar refractivity (Wildman–Crippen MR) is 106 cm³/mol. The van der Waals surface area contributed by atoms with E-state index in [1.807, 2.05) is 43.3 Å². The van der Waals surface area contributed by atoms with Crippen LogP contribution in [0.15, 0.2) is 81.6 Å². The van der Waals surface area contributed by atoms with Crippen LogP contribution in [-0.2, 0) is 0 Å². The molecule has 0 bridgehead atoms. The lowest BCUT2D eigenvalue weighted by Crippen LogP contribution is -2.19. The van der Waals surface area contributed by atoms with Gasteiger partial charge in [0.2, 0.25) is 0 Å². The second-order valence-electron chi connectivity index (χ2n) is 6.08. The average molecular weight is 377 g/mol. The van der Waals surface area contributed by atoms with E-state index >= 15 is 0 Å². The Morgan fingerprint density at radius 1 is 0.963 bits per heavy atom. The maximum atomic E-state index is 12.9. The number of amides is 1. The van der Waals surface area contributed by atoms with E-state index < -0.39 is 0 Å². The van der Waals surface area contributed by atoms with Crippen molar-refractivity contribution in [2.45, 2.75) is 16.7 Å². The summed E-state index contributed by atoms with van der Waals surface area (Å²) in [6.07, 6.45) is 0. The van der Waals surface area contributed by atoms with Gasteiger partial charge in [-0.05, 0) is 61.0 Å². The first-order valence-corrected chi connectivity index (χ1v) is 9.20. The third-order valence-corrected chi connectivity index (χ3v) is 5.36. The van der Waals surface area contributed by atoms with Crippen LogP contribution in [0, 0.1) is 5.82 Å². The van der Waals surface area contributed by atoms with Gasteiger partial charge in [0.1, 0.15) is 5.82 Å². The number of benzene rings is 3. The van der Waals surface area contributed by atoms with Gasteiger partial charge in [0.15, 0.2) is 0 Å². The van der Waals surface area contributed by atoms with E-state index in [4.69, 9.17) is 0 Å². The molecule has 0 spiro atoms. The van der Waals surface area contributed by atoms with Crippen LogP contribution in [0.1, 0.15) is 22.8 Å². The Balaban J connectivity index is 1.51. The molecule has 134 valence electrons. The van der Waals surface area contributed by atoms with Gasteiger partial charge in [-0.2, -0.15) is 5.10 Å². The van der Waals surface area contributed by atoms with E-state index in [1.165, 1.54) is 29.2 Å². The number of anilines is 2. The van der Waals surface area contributed by atoms with E-state index in [2.05, 4.69) is 21.9 Å². The van der Waals surface area contributed by atoms with Gasteiger partial charge in [-0.3, -0.25) is 4.79 Å². The molecule has 6 heteroatoms. The second-order valence-corrected chi connectivity index (χ2v) is 7.16. The molecule has 27 heavy (non-hydrogen) atoms. The molecule has 0 saturated heterocycles. The first kappa shape index (κ1) is 17.3. The van der Waals surface area contributed by atoms with Gasteiger partial charge in [0.25, 0.3) is 5.91 Å². The summed E-state index contributed by atoms with van der Waals surface area (Å²) in [5.41, 5.74) is 6.54. The van der Waals surface area contributed by atoms with Crippen LogP contribution >= 0.6 is 11.8 Å². The van der Waals surface area contributed by atoms with Gasteiger partial charge in [0.05, 0.1) is 17.1 Å². The highest BCUT2D eigenvalue weighted by molar-refractivity contribution is 7.99. The fraction of sp³-hybridized carbons (Fsp3) is 0.0476. The third kappa shape index (κ3) is 3.71. The van der Waals surface area contributed by atoms with E-state index in [9.17, 15) is 9.18 Å². The van der Waals surface area contributed by atoms with Crippen LogP contribution < -0.4 is 10.7 Å². The van der Waals surface area contributed by atoms with Crippen molar-refractivity contribution in [3.8, 4) is 0 Å². The number of halogens is 1. The van der Waals surface area contributed by atoms with Crippen LogP contribution in [0.3, 0.4) is 0 Å². The Labute approximate surface area is 160 Å². The van der Waals surface area contributed by atoms with Gasteiger partial charge >= 0.3 is 0 Å². The van der Waals surface area contributed by atoms with E-state index in [0.717, 1.165) is 21.8 Å². The minimum Gasteiger partial charge on any atom is -0.354 e. The highest BCUT2D eigenvalue weighted by Gasteiger charge is 2.16. The molecule has 1 amide bonds. The van der Waals surface area contributed by atoms with Crippen LogP contribution in [0.25, 0.3) is 0 Å². The number of rotatable bonds is 3. The summed E-state index contributed by atoms with van der Waals surface area (Å²) in [5, 5.41) is 7.61. The molecule has 3 aromatic carbocycles. The molecule has 0 radical (unpaired) electrons. The van der Waals surface area contributed by atoms with Crippen molar-refractivity contribution in [3.63, 3.8) is 0 Å². The monoisotopic (exact) mass is 377 g/mol. The standard InChI is InChI=1S/C21H16FN3OS/c1-13(24-25-21(26)14-6-9-16(22)10-7-14)15-8-11-20-18(12-15)23-17-4-2-3-5-19(17)27-20/h2-12,23H,1H3,(H,25,26)/b24-13-. The lowest BCUT2D eigenvalue weighted by atomic mass is 10.1. The quantitative estimate of drug-likeness (QED) is 0.382. The number of hydrazone groups is 1. The van der Waals surface area contributed by atoms with Crippen LogP contribution in [0.2, 0.25) is 0 Å². The second kappa shape index (κ2) is 7.25. The molecule has 1 aliphatic rings. The molecule has 1 aliphatic heterocycles. The molecule has 0 aliphatic carbocycles. The molecule has 0 unspecified atom stereocenters.